The van der Waals surface area contributed by atoms with Crippen LogP contribution in [0.5, 0.6) is 0 Å². The van der Waals surface area contributed by atoms with Crippen molar-refractivity contribution in [3.05, 3.63) is 42.5 Å². The van der Waals surface area contributed by atoms with Crippen LogP contribution in [0.4, 0.5) is 0 Å². The van der Waals surface area contributed by atoms with E-state index in [1.54, 1.807) is 11.8 Å². The van der Waals surface area contributed by atoms with Crippen molar-refractivity contribution in [3.63, 3.8) is 0 Å². The maximum atomic E-state index is 11.9. The lowest BCUT2D eigenvalue weighted by Gasteiger charge is -2.16. The molecule has 0 aromatic heterocycles. The normalized spacial score (nSPS) is 12.3. The van der Waals surface area contributed by atoms with Gasteiger partial charge in [-0.25, -0.2) is 0 Å². The molecule has 21 heavy (non-hydrogen) atoms. The molecule has 0 spiro atoms. The topological polar surface area (TPSA) is 38.3 Å². The van der Waals surface area contributed by atoms with E-state index in [2.05, 4.69) is 35.6 Å². The molecule has 4 heteroatoms. The van der Waals surface area contributed by atoms with E-state index in [0.29, 0.717) is 12.4 Å². The van der Waals surface area contributed by atoms with Gasteiger partial charge < -0.3 is 10.1 Å². The number of fused-ring (bicyclic) bond motifs is 1. The van der Waals surface area contributed by atoms with E-state index in [0.717, 1.165) is 6.54 Å². The summed E-state index contributed by atoms with van der Waals surface area (Å²) in [6, 6.07) is 14.4. The summed E-state index contributed by atoms with van der Waals surface area (Å²) in [5.41, 5.74) is 0. The molecule has 0 aliphatic heterocycles. The Morgan fingerprint density at radius 1 is 1.19 bits per heavy atom. The van der Waals surface area contributed by atoms with Crippen molar-refractivity contribution in [2.75, 3.05) is 18.9 Å². The summed E-state index contributed by atoms with van der Waals surface area (Å²) in [5.74, 6) is 0.498. The van der Waals surface area contributed by atoms with Gasteiger partial charge in [-0.3, -0.25) is 4.79 Å². The number of thioether (sulfide) groups is 1. The standard InChI is InChI=1S/C17H21NO2S/c1-3-18-16(17(19)20-4-2)12-21-15-10-9-13-7-5-6-8-14(13)11-15/h5-11,16,18H,3-4,12H2,1-2H3. The van der Waals surface area contributed by atoms with Gasteiger partial charge in [0.15, 0.2) is 0 Å². The molecule has 0 bridgehead atoms. The Bertz CT molecular complexity index is 600. The van der Waals surface area contributed by atoms with E-state index in [4.69, 9.17) is 4.74 Å². The summed E-state index contributed by atoms with van der Waals surface area (Å²) in [5, 5.41) is 5.63. The SMILES string of the molecule is CCNC(CSc1ccc2ccccc2c1)C(=O)OCC. The fourth-order valence-corrected chi connectivity index (χ4v) is 3.12. The zero-order valence-corrected chi connectivity index (χ0v) is 13.3. The number of ether oxygens (including phenoxy) is 1. The zero-order valence-electron chi connectivity index (χ0n) is 12.5. The average molecular weight is 303 g/mol. The van der Waals surface area contributed by atoms with Crippen LogP contribution in [0.25, 0.3) is 10.8 Å². The minimum atomic E-state index is -0.258. The molecule has 2 rings (SSSR count). The Morgan fingerprint density at radius 2 is 1.95 bits per heavy atom. The highest BCUT2D eigenvalue weighted by Crippen LogP contribution is 2.24. The van der Waals surface area contributed by atoms with Crippen LogP contribution in [0.3, 0.4) is 0 Å². The lowest BCUT2D eigenvalue weighted by atomic mass is 10.1. The highest BCUT2D eigenvalue weighted by molar-refractivity contribution is 7.99. The van der Waals surface area contributed by atoms with Gasteiger partial charge in [-0.2, -0.15) is 0 Å². The molecule has 1 atom stereocenters. The van der Waals surface area contributed by atoms with Crippen LogP contribution in [-0.4, -0.2) is 30.9 Å². The van der Waals surface area contributed by atoms with Crippen molar-refractivity contribution >= 4 is 28.5 Å². The minimum absolute atomic E-state index is 0.173. The van der Waals surface area contributed by atoms with Gasteiger partial charge in [0, 0.05) is 10.6 Å². The predicted molar refractivity (Wildman–Crippen MR) is 88.8 cm³/mol. The molecule has 0 saturated carbocycles. The number of nitrogens with one attached hydrogen (secondary N) is 1. The molecule has 0 aliphatic rings. The highest BCUT2D eigenvalue weighted by Gasteiger charge is 2.18. The minimum Gasteiger partial charge on any atom is -0.465 e. The third kappa shape index (κ3) is 4.48. The Labute approximate surface area is 130 Å². The summed E-state index contributed by atoms with van der Waals surface area (Å²) in [7, 11) is 0. The van der Waals surface area contributed by atoms with Crippen LogP contribution >= 0.6 is 11.8 Å². The third-order valence-electron chi connectivity index (χ3n) is 3.16. The maximum Gasteiger partial charge on any atom is 0.323 e. The second-order valence-electron chi connectivity index (χ2n) is 4.68. The number of carbonyl (C=O) groups excluding carboxylic acids is 1. The van der Waals surface area contributed by atoms with E-state index in [-0.39, 0.29) is 12.0 Å². The quantitative estimate of drug-likeness (QED) is 0.628. The second kappa shape index (κ2) is 8.05. The number of hydrogen-bond acceptors (Lipinski definition) is 4. The van der Waals surface area contributed by atoms with Crippen molar-refractivity contribution in [1.82, 2.24) is 5.32 Å². The molecule has 2 aromatic rings. The molecule has 0 aliphatic carbocycles. The number of carbonyl (C=O) groups is 1. The van der Waals surface area contributed by atoms with E-state index in [9.17, 15) is 4.79 Å². The molecule has 2 aromatic carbocycles. The van der Waals surface area contributed by atoms with E-state index < -0.39 is 0 Å². The molecule has 112 valence electrons. The lowest BCUT2D eigenvalue weighted by molar-refractivity contribution is -0.144. The van der Waals surface area contributed by atoms with E-state index in [1.807, 2.05) is 26.0 Å². The molecule has 0 heterocycles. The third-order valence-corrected chi connectivity index (χ3v) is 4.25. The number of likely N-dealkylation sites (N-methyl/N-ethyl adjacent to an activating group) is 1. The van der Waals surface area contributed by atoms with Crippen molar-refractivity contribution in [1.29, 1.82) is 0 Å². The number of hydrogen-bond donors (Lipinski definition) is 1. The van der Waals surface area contributed by atoms with E-state index >= 15 is 0 Å². The Morgan fingerprint density at radius 3 is 2.67 bits per heavy atom. The monoisotopic (exact) mass is 303 g/mol. The van der Waals surface area contributed by atoms with Crippen molar-refractivity contribution in [3.8, 4) is 0 Å². The van der Waals surface area contributed by atoms with Gasteiger partial charge in [-0.15, -0.1) is 11.8 Å². The smallest absolute Gasteiger partial charge is 0.323 e. The van der Waals surface area contributed by atoms with Gasteiger partial charge in [0.1, 0.15) is 6.04 Å². The van der Waals surface area contributed by atoms with Crippen LogP contribution in [0.15, 0.2) is 47.4 Å². The van der Waals surface area contributed by atoms with Gasteiger partial charge in [0.05, 0.1) is 6.61 Å². The number of benzene rings is 2. The molecule has 0 fully saturated rings. The fourth-order valence-electron chi connectivity index (χ4n) is 2.14. The van der Waals surface area contributed by atoms with Crippen LogP contribution < -0.4 is 5.32 Å². The fraction of sp³-hybridized carbons (Fsp3) is 0.353. The van der Waals surface area contributed by atoms with Crippen molar-refractivity contribution < 1.29 is 9.53 Å². The molecule has 0 amide bonds. The first-order chi connectivity index (χ1) is 10.2. The van der Waals surface area contributed by atoms with Crippen LogP contribution in [0, 0.1) is 0 Å². The summed E-state index contributed by atoms with van der Waals surface area (Å²) >= 11 is 1.67. The molecule has 1 unspecified atom stereocenters. The van der Waals surface area contributed by atoms with Gasteiger partial charge in [-0.05, 0) is 36.4 Å². The first kappa shape index (κ1) is 15.9. The predicted octanol–water partition coefficient (Wildman–Crippen LogP) is 3.47. The molecule has 0 radical (unpaired) electrons. The van der Waals surface area contributed by atoms with Gasteiger partial charge in [0.25, 0.3) is 0 Å². The molecule has 0 saturated heterocycles. The van der Waals surface area contributed by atoms with E-state index in [1.165, 1.54) is 15.7 Å². The van der Waals surface area contributed by atoms with Gasteiger partial charge in [-0.1, -0.05) is 37.3 Å². The summed E-state index contributed by atoms with van der Waals surface area (Å²) in [6.45, 7) is 4.99. The Hall–Kier alpha value is -1.52. The molecular formula is C17H21NO2S. The highest BCUT2D eigenvalue weighted by atomic mass is 32.2. The summed E-state index contributed by atoms with van der Waals surface area (Å²) in [6.07, 6.45) is 0. The Balaban J connectivity index is 2.02. The van der Waals surface area contributed by atoms with Crippen molar-refractivity contribution in [2.45, 2.75) is 24.8 Å². The van der Waals surface area contributed by atoms with Gasteiger partial charge >= 0.3 is 5.97 Å². The summed E-state index contributed by atoms with van der Waals surface area (Å²) in [4.78, 5) is 13.0. The largest absolute Gasteiger partial charge is 0.465 e. The molecule has 1 N–H and O–H groups in total. The van der Waals surface area contributed by atoms with Gasteiger partial charge in [0.2, 0.25) is 0 Å². The lowest BCUT2D eigenvalue weighted by Crippen LogP contribution is -2.40. The van der Waals surface area contributed by atoms with Crippen LogP contribution in [0.2, 0.25) is 0 Å². The molecule has 3 nitrogen and oxygen atoms in total. The summed E-state index contributed by atoms with van der Waals surface area (Å²) < 4.78 is 5.10. The molecular weight excluding hydrogens is 282 g/mol. The maximum absolute atomic E-state index is 11.9. The first-order valence-corrected chi connectivity index (χ1v) is 8.24. The zero-order chi connectivity index (χ0) is 15.1. The van der Waals surface area contributed by atoms with Crippen molar-refractivity contribution in [2.24, 2.45) is 0 Å². The first-order valence-electron chi connectivity index (χ1n) is 7.26. The van der Waals surface area contributed by atoms with Crippen LogP contribution in [-0.2, 0) is 9.53 Å². The average Bonchev–Trinajstić information content (AvgIpc) is 2.51. The second-order valence-corrected chi connectivity index (χ2v) is 5.78. The number of esters is 1. The van der Waals surface area contributed by atoms with Crippen LogP contribution in [0.1, 0.15) is 13.8 Å². The Kier molecular flexibility index (Phi) is 6.08. The number of rotatable bonds is 7.